The molecule has 0 fully saturated rings. The maximum Gasteiger partial charge on any atom is 0.287 e. The summed E-state index contributed by atoms with van der Waals surface area (Å²) in [5.41, 5.74) is 3.86. The lowest BCUT2D eigenvalue weighted by atomic mass is 10.1. The molecule has 9 heteroatoms. The number of rotatable bonds is 9. The summed E-state index contributed by atoms with van der Waals surface area (Å²) >= 11 is 6.59. The van der Waals surface area contributed by atoms with Gasteiger partial charge in [-0.1, -0.05) is 53.2 Å². The number of carbonyl (C=O) groups excluding carboxylic acids is 2. The zero-order valence-corrected chi connectivity index (χ0v) is 22.0. The Morgan fingerprint density at radius 2 is 1.77 bits per heavy atom. The zero-order valence-electron chi connectivity index (χ0n) is 18.8. The number of hydrazone groups is 1. The van der Waals surface area contributed by atoms with Crippen molar-refractivity contribution in [2.45, 2.75) is 13.3 Å². The zero-order chi connectivity index (χ0) is 25.2. The number of nitrogens with zero attached hydrogens (tertiary/aromatic N) is 1. The van der Waals surface area contributed by atoms with E-state index in [1.165, 1.54) is 6.21 Å². The van der Waals surface area contributed by atoms with Crippen LogP contribution < -0.4 is 15.5 Å². The number of hydrogen-bond acceptors (Lipinski definition) is 5. The maximum absolute atomic E-state index is 12.9. The average Bonchev–Trinajstić information content (AvgIpc) is 2.86. The average molecular weight is 601 g/mol. The van der Waals surface area contributed by atoms with Gasteiger partial charge in [-0.3, -0.25) is 9.59 Å². The molecule has 180 valence electrons. The van der Waals surface area contributed by atoms with Gasteiger partial charge in [-0.25, -0.2) is 5.43 Å². The summed E-state index contributed by atoms with van der Waals surface area (Å²) in [4.78, 5) is 25.6. The molecule has 3 rings (SSSR count). The fourth-order valence-electron chi connectivity index (χ4n) is 2.89. The highest BCUT2D eigenvalue weighted by Crippen LogP contribution is 2.30. The molecular weight excluding hydrogens is 578 g/mol. The van der Waals surface area contributed by atoms with Crippen LogP contribution in [0.25, 0.3) is 6.08 Å². The summed E-state index contributed by atoms with van der Waals surface area (Å²) < 4.78 is 6.78. The Kier molecular flexibility index (Phi) is 9.63. The Labute approximate surface area is 220 Å². The number of ether oxygens (including phenoxy) is 1. The third-order valence-corrected chi connectivity index (χ3v) is 5.68. The molecule has 0 saturated heterocycles. The molecule has 2 amide bonds. The van der Waals surface area contributed by atoms with Gasteiger partial charge in [0.05, 0.1) is 17.3 Å². The highest BCUT2D eigenvalue weighted by Gasteiger charge is 2.14. The summed E-state index contributed by atoms with van der Waals surface area (Å²) in [5.74, 6) is -0.379. The van der Waals surface area contributed by atoms with Crippen LogP contribution in [0.5, 0.6) is 11.5 Å². The van der Waals surface area contributed by atoms with Crippen molar-refractivity contribution in [3.8, 4) is 11.5 Å². The Hall–Kier alpha value is -3.43. The Morgan fingerprint density at radius 1 is 1.06 bits per heavy atom. The molecule has 0 aromatic heterocycles. The number of halogens is 2. The number of carbonyl (C=O) groups is 2. The van der Waals surface area contributed by atoms with Crippen LogP contribution >= 0.6 is 31.9 Å². The van der Waals surface area contributed by atoms with E-state index in [1.54, 1.807) is 72.8 Å². The summed E-state index contributed by atoms with van der Waals surface area (Å²) in [7, 11) is 0. The van der Waals surface area contributed by atoms with Gasteiger partial charge in [0.1, 0.15) is 17.2 Å². The van der Waals surface area contributed by atoms with Crippen molar-refractivity contribution in [3.63, 3.8) is 0 Å². The molecule has 3 aromatic carbocycles. The molecule has 0 heterocycles. The molecule has 0 spiro atoms. The van der Waals surface area contributed by atoms with Crippen molar-refractivity contribution in [1.29, 1.82) is 0 Å². The second-order valence-electron chi connectivity index (χ2n) is 7.32. The predicted octanol–water partition coefficient (Wildman–Crippen LogP) is 5.63. The van der Waals surface area contributed by atoms with Crippen LogP contribution in [0.2, 0.25) is 0 Å². The van der Waals surface area contributed by atoms with Crippen LogP contribution in [0.3, 0.4) is 0 Å². The van der Waals surface area contributed by atoms with Gasteiger partial charge in [-0.05, 0) is 70.4 Å². The van der Waals surface area contributed by atoms with Crippen LogP contribution in [0.4, 0.5) is 0 Å². The number of amides is 2. The Morgan fingerprint density at radius 3 is 2.46 bits per heavy atom. The number of phenolic OH excluding ortho intramolecular Hbond substituents is 1. The molecule has 0 aliphatic carbocycles. The second-order valence-corrected chi connectivity index (χ2v) is 9.09. The number of phenols is 1. The normalized spacial score (nSPS) is 11.3. The molecule has 35 heavy (non-hydrogen) atoms. The molecule has 0 bridgehead atoms. The van der Waals surface area contributed by atoms with Gasteiger partial charge in [-0.15, -0.1) is 0 Å². The number of aromatic hydroxyl groups is 1. The highest BCUT2D eigenvalue weighted by atomic mass is 79.9. The summed E-state index contributed by atoms with van der Waals surface area (Å²) in [6.07, 6.45) is 3.74. The predicted molar refractivity (Wildman–Crippen MR) is 143 cm³/mol. The first-order valence-corrected chi connectivity index (χ1v) is 12.3. The molecule has 0 atom stereocenters. The van der Waals surface area contributed by atoms with E-state index in [0.29, 0.717) is 33.5 Å². The molecule has 0 saturated carbocycles. The lowest BCUT2D eigenvalue weighted by Crippen LogP contribution is -2.32. The molecule has 0 unspecified atom stereocenters. The minimum Gasteiger partial charge on any atom is -0.506 e. The second kappa shape index (κ2) is 12.9. The van der Waals surface area contributed by atoms with E-state index in [2.05, 4.69) is 47.7 Å². The first kappa shape index (κ1) is 26.2. The Bertz CT molecular complexity index is 1240. The van der Waals surface area contributed by atoms with Crippen molar-refractivity contribution < 1.29 is 19.4 Å². The van der Waals surface area contributed by atoms with Gasteiger partial charge in [-0.2, -0.15) is 5.10 Å². The topological polar surface area (TPSA) is 100 Å². The molecule has 0 aliphatic rings. The van der Waals surface area contributed by atoms with Crippen molar-refractivity contribution >= 4 is 56.0 Å². The fraction of sp³-hybridized carbons (Fsp3) is 0.115. The summed E-state index contributed by atoms with van der Waals surface area (Å²) in [5, 5.41) is 16.7. The largest absolute Gasteiger partial charge is 0.506 e. The molecular formula is C26H23Br2N3O4. The van der Waals surface area contributed by atoms with Crippen molar-refractivity contribution in [1.82, 2.24) is 10.7 Å². The lowest BCUT2D eigenvalue weighted by Gasteiger charge is -2.10. The smallest absolute Gasteiger partial charge is 0.287 e. The van der Waals surface area contributed by atoms with Crippen molar-refractivity contribution in [2.24, 2.45) is 5.10 Å². The fourth-order valence-corrected chi connectivity index (χ4v) is 4.15. The van der Waals surface area contributed by atoms with Crippen LogP contribution in [0.15, 0.2) is 86.5 Å². The number of nitrogens with one attached hydrogen (secondary N) is 2. The van der Waals surface area contributed by atoms with Crippen LogP contribution in [-0.2, 0) is 4.79 Å². The molecule has 7 nitrogen and oxygen atoms in total. The van der Waals surface area contributed by atoms with E-state index in [9.17, 15) is 14.7 Å². The third-order valence-electron chi connectivity index (χ3n) is 4.62. The van der Waals surface area contributed by atoms with Crippen molar-refractivity contribution in [2.75, 3.05) is 6.61 Å². The SMILES string of the molecule is CCCOc1ccc(/C=C(\NC(=O)c2ccccc2)C(=O)N/N=C\c2cc(Br)cc(Br)c2O)cc1. The molecule has 3 aromatic rings. The lowest BCUT2D eigenvalue weighted by molar-refractivity contribution is -0.117. The van der Waals surface area contributed by atoms with E-state index < -0.39 is 11.8 Å². The van der Waals surface area contributed by atoms with E-state index in [4.69, 9.17) is 4.74 Å². The van der Waals surface area contributed by atoms with Crippen LogP contribution in [0, 0.1) is 0 Å². The third kappa shape index (κ3) is 7.80. The van der Waals surface area contributed by atoms with Gasteiger partial charge < -0.3 is 15.2 Å². The van der Waals surface area contributed by atoms with Gasteiger partial charge in [0.2, 0.25) is 0 Å². The monoisotopic (exact) mass is 599 g/mol. The first-order chi connectivity index (χ1) is 16.9. The summed E-state index contributed by atoms with van der Waals surface area (Å²) in [6, 6.07) is 19.1. The number of benzene rings is 3. The van der Waals surface area contributed by atoms with Crippen LogP contribution in [0.1, 0.15) is 34.8 Å². The highest BCUT2D eigenvalue weighted by molar-refractivity contribution is 9.11. The van der Waals surface area contributed by atoms with Gasteiger partial charge in [0.25, 0.3) is 11.8 Å². The minimum absolute atomic E-state index is 0.00197. The standard InChI is InChI=1S/C26H23Br2N3O4/c1-2-12-35-21-10-8-17(9-11-21)13-23(30-25(33)18-6-4-3-5-7-18)26(34)31-29-16-19-14-20(27)15-22(28)24(19)32/h3-11,13-16,32H,2,12H2,1H3,(H,30,33)(H,31,34)/b23-13-,29-16-. The quantitative estimate of drug-likeness (QED) is 0.168. The van der Waals surface area contributed by atoms with E-state index in [-0.39, 0.29) is 11.4 Å². The van der Waals surface area contributed by atoms with Gasteiger partial charge in [0.15, 0.2) is 0 Å². The first-order valence-electron chi connectivity index (χ1n) is 10.7. The molecule has 0 radical (unpaired) electrons. The van der Waals surface area contributed by atoms with Gasteiger partial charge in [0, 0.05) is 15.6 Å². The van der Waals surface area contributed by atoms with E-state index in [1.807, 2.05) is 6.92 Å². The number of hydrogen-bond donors (Lipinski definition) is 3. The van der Waals surface area contributed by atoms with Gasteiger partial charge >= 0.3 is 0 Å². The summed E-state index contributed by atoms with van der Waals surface area (Å²) in [6.45, 7) is 2.63. The molecule has 3 N–H and O–H groups in total. The van der Waals surface area contributed by atoms with E-state index >= 15 is 0 Å². The minimum atomic E-state index is -0.634. The Balaban J connectivity index is 1.82. The maximum atomic E-state index is 12.9. The van der Waals surface area contributed by atoms with Crippen LogP contribution in [-0.4, -0.2) is 29.7 Å². The van der Waals surface area contributed by atoms with Crippen molar-refractivity contribution in [3.05, 3.63) is 98.1 Å². The van der Waals surface area contributed by atoms with E-state index in [0.717, 1.165) is 10.9 Å². The molecule has 0 aliphatic heterocycles.